The van der Waals surface area contributed by atoms with Crippen LogP contribution in [0.5, 0.6) is 0 Å². The number of nitrogens with zero attached hydrogens (tertiary/aromatic N) is 1. The molecule has 1 heterocycles. The van der Waals surface area contributed by atoms with Gasteiger partial charge in [0, 0.05) is 23.4 Å². The van der Waals surface area contributed by atoms with E-state index in [1.54, 1.807) is 29.6 Å². The molecule has 1 atom stereocenters. The van der Waals surface area contributed by atoms with Gasteiger partial charge in [-0.05, 0) is 43.5 Å². The zero-order valence-corrected chi connectivity index (χ0v) is 21.6. The van der Waals surface area contributed by atoms with Crippen molar-refractivity contribution in [3.63, 3.8) is 0 Å². The van der Waals surface area contributed by atoms with E-state index in [0.717, 1.165) is 22.6 Å². The molecule has 0 aliphatic carbocycles. The summed E-state index contributed by atoms with van der Waals surface area (Å²) >= 11 is 0. The molecule has 1 unspecified atom stereocenters. The van der Waals surface area contributed by atoms with E-state index in [1.165, 1.54) is 31.2 Å². The molecule has 0 bridgehead atoms. The molecular weight excluding hydrogens is 550 g/mol. The monoisotopic (exact) mass is 574 g/mol. The van der Waals surface area contributed by atoms with Gasteiger partial charge in [-0.25, -0.2) is 0 Å². The van der Waals surface area contributed by atoms with E-state index in [1.807, 2.05) is 12.1 Å². The lowest BCUT2D eigenvalue weighted by Crippen LogP contribution is -2.66. The van der Waals surface area contributed by atoms with E-state index in [2.05, 4.69) is 0 Å². The van der Waals surface area contributed by atoms with Crippen molar-refractivity contribution in [1.82, 2.24) is 10.2 Å². The first-order chi connectivity index (χ1) is 19.3. The molecule has 11 heteroatoms. The van der Waals surface area contributed by atoms with Crippen LogP contribution in [0.2, 0.25) is 0 Å². The SMILES string of the molecule is CC1=C(C(=O)c2ccccc2)C(NC(=O)c2cccc(C(F)(F)F)c2)(C(F)(F)F)C(=O)N1CCCc1ccccc1. The van der Waals surface area contributed by atoms with E-state index >= 15 is 13.2 Å². The number of Topliss-reactive ketones (excluding diaryl/α,β-unsaturated/α-hetero) is 1. The van der Waals surface area contributed by atoms with E-state index in [0.29, 0.717) is 18.6 Å². The fraction of sp³-hybridized carbons (Fsp3) is 0.233. The largest absolute Gasteiger partial charge is 0.425 e. The predicted octanol–water partition coefficient (Wildman–Crippen LogP) is 6.37. The second kappa shape index (κ2) is 11.2. The fourth-order valence-corrected chi connectivity index (χ4v) is 4.82. The van der Waals surface area contributed by atoms with E-state index in [4.69, 9.17) is 0 Å². The van der Waals surface area contributed by atoms with E-state index in [9.17, 15) is 27.6 Å². The number of carbonyl (C=O) groups is 3. The Hall–Kier alpha value is -4.41. The van der Waals surface area contributed by atoms with Crippen LogP contribution in [-0.4, -0.2) is 40.8 Å². The lowest BCUT2D eigenvalue weighted by Gasteiger charge is -2.33. The molecule has 0 spiro atoms. The van der Waals surface area contributed by atoms with Crippen LogP contribution in [0, 0.1) is 0 Å². The van der Waals surface area contributed by atoms with Gasteiger partial charge >= 0.3 is 12.4 Å². The van der Waals surface area contributed by atoms with Crippen molar-refractivity contribution in [3.8, 4) is 0 Å². The lowest BCUT2D eigenvalue weighted by molar-refractivity contribution is -0.189. The van der Waals surface area contributed by atoms with Gasteiger partial charge in [-0.15, -0.1) is 0 Å². The lowest BCUT2D eigenvalue weighted by atomic mass is 9.84. The van der Waals surface area contributed by atoms with Gasteiger partial charge in [0.1, 0.15) is 0 Å². The third kappa shape index (κ3) is 5.75. The zero-order chi connectivity index (χ0) is 30.0. The minimum Gasteiger partial charge on any atom is -0.326 e. The highest BCUT2D eigenvalue weighted by atomic mass is 19.4. The molecule has 5 nitrogen and oxygen atoms in total. The quantitative estimate of drug-likeness (QED) is 0.251. The highest BCUT2D eigenvalue weighted by molar-refractivity contribution is 6.19. The Morgan fingerprint density at radius 1 is 0.829 bits per heavy atom. The van der Waals surface area contributed by atoms with Crippen LogP contribution < -0.4 is 5.32 Å². The van der Waals surface area contributed by atoms with Crippen LogP contribution in [-0.2, 0) is 17.4 Å². The van der Waals surface area contributed by atoms with Crippen LogP contribution in [0.1, 0.15) is 45.2 Å². The maximum Gasteiger partial charge on any atom is 0.425 e. The van der Waals surface area contributed by atoms with Crippen LogP contribution >= 0.6 is 0 Å². The maximum absolute atomic E-state index is 15.0. The summed E-state index contributed by atoms with van der Waals surface area (Å²) < 4.78 is 84.8. The standard InChI is InChI=1S/C30H24F6N2O3/c1-19-24(25(39)21-13-6-3-7-14-21)28(30(34,35)36,27(41)38(19)17-9-12-20-10-4-2-5-11-20)37-26(40)22-15-8-16-23(18-22)29(31,32)33/h2-8,10-11,13-16,18H,9,12,17H2,1H3,(H,37,40). The van der Waals surface area contributed by atoms with E-state index < -0.39 is 52.2 Å². The molecule has 0 fully saturated rings. The van der Waals surface area contributed by atoms with Crippen LogP contribution in [0.15, 0.2) is 96.2 Å². The van der Waals surface area contributed by atoms with Crippen molar-refractivity contribution < 1.29 is 40.7 Å². The number of hydrogen-bond donors (Lipinski definition) is 1. The summed E-state index contributed by atoms with van der Waals surface area (Å²) in [4.78, 5) is 41.2. The molecule has 3 aromatic rings. The highest BCUT2D eigenvalue weighted by Gasteiger charge is 2.70. The highest BCUT2D eigenvalue weighted by Crippen LogP contribution is 2.46. The summed E-state index contributed by atoms with van der Waals surface area (Å²) in [6.45, 7) is 0.975. The molecule has 0 saturated carbocycles. The van der Waals surface area contributed by atoms with Crippen molar-refractivity contribution >= 4 is 17.6 Å². The van der Waals surface area contributed by atoms with Gasteiger partial charge in [-0.2, -0.15) is 26.3 Å². The average Bonchev–Trinajstić information content (AvgIpc) is 3.15. The van der Waals surface area contributed by atoms with E-state index in [-0.39, 0.29) is 24.2 Å². The first-order valence-electron chi connectivity index (χ1n) is 12.5. The summed E-state index contributed by atoms with van der Waals surface area (Å²) in [7, 11) is 0. The first-order valence-corrected chi connectivity index (χ1v) is 12.5. The Balaban J connectivity index is 1.79. The second-order valence-corrected chi connectivity index (χ2v) is 9.48. The molecule has 1 N–H and O–H groups in total. The molecule has 41 heavy (non-hydrogen) atoms. The van der Waals surface area contributed by atoms with Crippen molar-refractivity contribution in [2.24, 2.45) is 0 Å². The van der Waals surface area contributed by atoms with Gasteiger partial charge in [0.25, 0.3) is 11.8 Å². The van der Waals surface area contributed by atoms with Crippen molar-refractivity contribution in [1.29, 1.82) is 0 Å². The predicted molar refractivity (Wildman–Crippen MR) is 138 cm³/mol. The van der Waals surface area contributed by atoms with Gasteiger partial charge in [0.2, 0.25) is 5.54 Å². The minimum absolute atomic E-state index is 0.164. The number of hydrogen-bond acceptors (Lipinski definition) is 3. The van der Waals surface area contributed by atoms with Crippen LogP contribution in [0.3, 0.4) is 0 Å². The average molecular weight is 575 g/mol. The number of carbonyl (C=O) groups excluding carboxylic acids is 3. The summed E-state index contributed by atoms with van der Waals surface area (Å²) in [6.07, 6.45) is -9.76. The molecule has 0 radical (unpaired) electrons. The Bertz CT molecular complexity index is 1480. The molecule has 2 amide bonds. The first kappa shape index (κ1) is 29.6. The normalized spacial score (nSPS) is 17.6. The molecule has 1 aliphatic rings. The Morgan fingerprint density at radius 3 is 2.00 bits per heavy atom. The summed E-state index contributed by atoms with van der Waals surface area (Å²) in [5, 5.41) is 1.65. The van der Waals surface area contributed by atoms with Crippen LogP contribution in [0.25, 0.3) is 0 Å². The molecule has 1 aliphatic heterocycles. The third-order valence-electron chi connectivity index (χ3n) is 6.84. The second-order valence-electron chi connectivity index (χ2n) is 9.48. The summed E-state index contributed by atoms with van der Waals surface area (Å²) in [5.74, 6) is -4.36. The van der Waals surface area contributed by atoms with Gasteiger partial charge in [0.05, 0.1) is 11.1 Å². The van der Waals surface area contributed by atoms with Crippen molar-refractivity contribution in [2.45, 2.75) is 37.7 Å². The molecule has 3 aromatic carbocycles. The van der Waals surface area contributed by atoms with Gasteiger partial charge in [-0.1, -0.05) is 66.7 Å². The van der Waals surface area contributed by atoms with Gasteiger partial charge < -0.3 is 10.2 Å². The number of amides is 2. The third-order valence-corrected chi connectivity index (χ3v) is 6.84. The van der Waals surface area contributed by atoms with Gasteiger partial charge in [-0.3, -0.25) is 14.4 Å². The van der Waals surface area contributed by atoms with Crippen molar-refractivity contribution in [2.75, 3.05) is 6.54 Å². The topological polar surface area (TPSA) is 66.5 Å². The Morgan fingerprint density at radius 2 is 1.41 bits per heavy atom. The number of benzene rings is 3. The molecule has 0 saturated heterocycles. The fourth-order valence-electron chi connectivity index (χ4n) is 4.82. The van der Waals surface area contributed by atoms with Crippen LogP contribution in [0.4, 0.5) is 26.3 Å². The number of rotatable bonds is 8. The van der Waals surface area contributed by atoms with Crippen molar-refractivity contribution in [3.05, 3.63) is 118 Å². The Kier molecular flexibility index (Phi) is 8.10. The molecule has 4 rings (SSSR count). The smallest absolute Gasteiger partial charge is 0.326 e. The minimum atomic E-state index is -5.53. The maximum atomic E-state index is 15.0. The molecular formula is C30H24F6N2O3. The molecule has 214 valence electrons. The molecule has 0 aromatic heterocycles. The summed E-state index contributed by atoms with van der Waals surface area (Å²) in [6, 6.07) is 18.7. The summed E-state index contributed by atoms with van der Waals surface area (Å²) in [5.41, 5.74) is -6.46. The number of allylic oxidation sites excluding steroid dienone is 1. The zero-order valence-electron chi connectivity index (χ0n) is 21.6. The number of nitrogens with one attached hydrogen (secondary N) is 1. The number of aryl methyl sites for hydroxylation is 1. The number of alkyl halides is 6. The van der Waals surface area contributed by atoms with Gasteiger partial charge in [0.15, 0.2) is 5.78 Å². The Labute approximate surface area is 231 Å². The number of ketones is 1. The number of halogens is 6.